The first-order valence-corrected chi connectivity index (χ1v) is 16.0. The minimum Gasteiger partial charge on any atom is -1.00 e. The predicted molar refractivity (Wildman–Crippen MR) is 163 cm³/mol. The van der Waals surface area contributed by atoms with Crippen LogP contribution in [0.3, 0.4) is 0 Å². The van der Waals surface area contributed by atoms with E-state index in [1.54, 1.807) is 24.3 Å². The highest BCUT2D eigenvalue weighted by Crippen LogP contribution is 2.27. The molecule has 8 nitrogen and oxygen atoms in total. The number of aromatic nitrogens is 1. The number of amides is 2. The summed E-state index contributed by atoms with van der Waals surface area (Å²) in [4.78, 5) is 37.8. The third-order valence-corrected chi connectivity index (χ3v) is 9.21. The number of nitrogens with one attached hydrogen (secondary N) is 2. The summed E-state index contributed by atoms with van der Waals surface area (Å²) in [5.74, 6) is -1.01. The Balaban J connectivity index is 0.00000506. The number of halogens is 2. The van der Waals surface area contributed by atoms with E-state index >= 15 is 0 Å². The number of hydrogen-bond acceptors (Lipinski definition) is 6. The number of pyridine rings is 1. The molecule has 0 radical (unpaired) electrons. The number of carbonyl (C=O) groups is 3. The van der Waals surface area contributed by atoms with Crippen molar-refractivity contribution in [3.63, 3.8) is 0 Å². The molecule has 3 aromatic carbocycles. The van der Waals surface area contributed by atoms with Crippen LogP contribution in [0.15, 0.2) is 118 Å². The van der Waals surface area contributed by atoms with E-state index in [-0.39, 0.29) is 37.8 Å². The molecular weight excluding hydrogens is 674 g/mol. The number of hydrogen-bond donors (Lipinski definition) is 2. The number of anilines is 2. The standard InChI is InChI=1S/C31H28ClN3O5S2.BrH/c32-22-29(36)33-23-11-15-25(16-12-23)42(39,40)26-17-13-24(14-18-26)34-31(38)27-8-2-3-9-28(27)41-30(37)10-4-7-21-35-19-5-1-6-20-35;/h1-3,5-6,8-9,11-20H,4,7,10,21-22H2,(H-,33,34,36,38);1H. The van der Waals surface area contributed by atoms with Gasteiger partial charge in [0.25, 0.3) is 5.91 Å². The smallest absolute Gasteiger partial charge is 0.256 e. The van der Waals surface area contributed by atoms with Gasteiger partial charge >= 0.3 is 0 Å². The predicted octanol–water partition coefficient (Wildman–Crippen LogP) is 2.73. The molecule has 0 fully saturated rings. The van der Waals surface area contributed by atoms with Crippen LogP contribution < -0.4 is 32.2 Å². The number of nitrogens with zero attached hydrogens (tertiary/aromatic N) is 1. The van der Waals surface area contributed by atoms with Crippen molar-refractivity contribution < 1.29 is 44.3 Å². The summed E-state index contributed by atoms with van der Waals surface area (Å²) in [5, 5.41) is 5.32. The molecular formula is C31H29BrClN3O5S2. The Kier molecular flexibility index (Phi) is 12.9. The Morgan fingerprint density at radius 1 is 0.744 bits per heavy atom. The Labute approximate surface area is 270 Å². The van der Waals surface area contributed by atoms with Gasteiger partial charge in [0.05, 0.1) is 15.4 Å². The first-order valence-electron chi connectivity index (χ1n) is 13.1. The van der Waals surface area contributed by atoms with E-state index in [4.69, 9.17) is 11.6 Å². The van der Waals surface area contributed by atoms with Crippen molar-refractivity contribution in [3.8, 4) is 0 Å². The maximum atomic E-state index is 13.1. The molecule has 2 amide bonds. The van der Waals surface area contributed by atoms with Gasteiger partial charge in [-0.15, -0.1) is 11.6 Å². The van der Waals surface area contributed by atoms with Crippen LogP contribution in [0.25, 0.3) is 0 Å². The van der Waals surface area contributed by atoms with E-state index in [2.05, 4.69) is 15.2 Å². The van der Waals surface area contributed by atoms with Gasteiger partial charge in [-0.25, -0.2) is 13.0 Å². The summed E-state index contributed by atoms with van der Waals surface area (Å²) in [6.07, 6.45) is 5.99. The van der Waals surface area contributed by atoms with Crippen molar-refractivity contribution >= 4 is 61.5 Å². The molecule has 4 rings (SSSR count). The fourth-order valence-electron chi connectivity index (χ4n) is 4.03. The average molecular weight is 703 g/mol. The van der Waals surface area contributed by atoms with Gasteiger partial charge in [-0.2, -0.15) is 0 Å². The summed E-state index contributed by atoms with van der Waals surface area (Å²) in [6, 6.07) is 24.4. The number of thioether (sulfide) groups is 1. The molecule has 1 heterocycles. The van der Waals surface area contributed by atoms with Crippen molar-refractivity contribution in [2.24, 2.45) is 0 Å². The lowest BCUT2D eigenvalue weighted by Gasteiger charge is -2.11. The third kappa shape index (κ3) is 9.75. The molecule has 0 saturated carbocycles. The molecule has 12 heteroatoms. The van der Waals surface area contributed by atoms with Crippen molar-refractivity contribution in [2.75, 3.05) is 16.5 Å². The van der Waals surface area contributed by atoms with Gasteiger partial charge in [-0.1, -0.05) is 30.0 Å². The number of unbranched alkanes of at least 4 members (excludes halogenated alkanes) is 1. The highest BCUT2D eigenvalue weighted by molar-refractivity contribution is 8.13. The SMILES string of the molecule is O=C(CCl)Nc1ccc(S(=O)(=O)c2ccc(NC(=O)c3ccccc3SC(=O)CCCC[n+]3ccccc3)cc2)cc1.[Br-]. The van der Waals surface area contributed by atoms with Crippen molar-refractivity contribution in [1.82, 2.24) is 0 Å². The zero-order valence-electron chi connectivity index (χ0n) is 22.9. The summed E-state index contributed by atoms with van der Waals surface area (Å²) in [5.41, 5.74) is 1.19. The van der Waals surface area contributed by atoms with Gasteiger partial charge in [-0.05, 0) is 67.1 Å². The van der Waals surface area contributed by atoms with E-state index in [1.165, 1.54) is 48.5 Å². The van der Waals surface area contributed by atoms with E-state index in [0.717, 1.165) is 31.1 Å². The molecule has 0 unspecified atom stereocenters. The Morgan fingerprint density at radius 3 is 1.93 bits per heavy atom. The molecule has 0 aliphatic heterocycles. The zero-order chi connectivity index (χ0) is 30.0. The highest BCUT2D eigenvalue weighted by atomic mass is 79.9. The fourth-order valence-corrected chi connectivity index (χ4v) is 6.26. The van der Waals surface area contributed by atoms with E-state index in [1.807, 2.05) is 30.6 Å². The zero-order valence-corrected chi connectivity index (χ0v) is 26.9. The van der Waals surface area contributed by atoms with Gasteiger partial charge in [0, 0.05) is 41.2 Å². The van der Waals surface area contributed by atoms with Gasteiger partial charge in [0.15, 0.2) is 17.5 Å². The van der Waals surface area contributed by atoms with Crippen LogP contribution in [0.2, 0.25) is 0 Å². The number of carbonyl (C=O) groups excluding carboxylic acids is 3. The monoisotopic (exact) mass is 701 g/mol. The van der Waals surface area contributed by atoms with Crippen molar-refractivity contribution in [2.45, 2.75) is 40.5 Å². The van der Waals surface area contributed by atoms with E-state index in [9.17, 15) is 22.8 Å². The molecule has 0 atom stereocenters. The topological polar surface area (TPSA) is 113 Å². The van der Waals surface area contributed by atoms with Crippen LogP contribution in [0, 0.1) is 0 Å². The molecule has 1 aromatic heterocycles. The number of sulfone groups is 1. The van der Waals surface area contributed by atoms with Crippen LogP contribution in [0.1, 0.15) is 29.6 Å². The molecule has 4 aromatic rings. The Morgan fingerprint density at radius 2 is 1.33 bits per heavy atom. The van der Waals surface area contributed by atoms with Crippen molar-refractivity contribution in [3.05, 3.63) is 109 Å². The molecule has 224 valence electrons. The number of rotatable bonds is 12. The van der Waals surface area contributed by atoms with Crippen molar-refractivity contribution in [1.29, 1.82) is 0 Å². The fraction of sp³-hybridized carbons (Fsp3) is 0.161. The first-order chi connectivity index (χ1) is 20.3. The van der Waals surface area contributed by atoms with E-state index in [0.29, 0.717) is 28.3 Å². The molecule has 0 spiro atoms. The molecule has 0 aliphatic rings. The molecule has 0 aliphatic carbocycles. The minimum atomic E-state index is -3.83. The normalized spacial score (nSPS) is 10.8. The van der Waals surface area contributed by atoms with Crippen LogP contribution in [-0.2, 0) is 26.0 Å². The van der Waals surface area contributed by atoms with Gasteiger partial charge < -0.3 is 27.6 Å². The van der Waals surface area contributed by atoms with Crippen LogP contribution in [-0.4, -0.2) is 31.2 Å². The van der Waals surface area contributed by atoms with Crippen LogP contribution >= 0.6 is 23.4 Å². The number of aryl methyl sites for hydroxylation is 1. The molecule has 0 saturated heterocycles. The highest BCUT2D eigenvalue weighted by Gasteiger charge is 2.19. The Hall–Kier alpha value is -3.51. The molecule has 43 heavy (non-hydrogen) atoms. The second-order valence-corrected chi connectivity index (χ2v) is 12.5. The summed E-state index contributed by atoms with van der Waals surface area (Å²) in [7, 11) is -3.83. The number of benzene rings is 3. The van der Waals surface area contributed by atoms with Gasteiger partial charge in [0.1, 0.15) is 12.4 Å². The molecule has 2 N–H and O–H groups in total. The molecule has 0 bridgehead atoms. The lowest BCUT2D eigenvalue weighted by Crippen LogP contribution is -3.00. The summed E-state index contributed by atoms with van der Waals surface area (Å²) in [6.45, 7) is 0.832. The lowest BCUT2D eigenvalue weighted by atomic mass is 10.2. The average Bonchev–Trinajstić information content (AvgIpc) is 3.00. The second-order valence-electron chi connectivity index (χ2n) is 9.23. The Bertz CT molecular complexity index is 1650. The summed E-state index contributed by atoms with van der Waals surface area (Å²) < 4.78 is 28.2. The maximum Gasteiger partial charge on any atom is 0.256 e. The first kappa shape index (κ1) is 34.0. The summed E-state index contributed by atoms with van der Waals surface area (Å²) >= 11 is 6.53. The van der Waals surface area contributed by atoms with Crippen LogP contribution in [0.5, 0.6) is 0 Å². The maximum absolute atomic E-state index is 13.1. The minimum absolute atomic E-state index is 0. The largest absolute Gasteiger partial charge is 1.00 e. The van der Waals surface area contributed by atoms with Crippen LogP contribution in [0.4, 0.5) is 11.4 Å². The third-order valence-electron chi connectivity index (χ3n) is 6.17. The number of alkyl halides is 1. The van der Waals surface area contributed by atoms with Gasteiger partial charge in [0.2, 0.25) is 15.7 Å². The van der Waals surface area contributed by atoms with Gasteiger partial charge in [-0.3, -0.25) is 14.4 Å². The lowest BCUT2D eigenvalue weighted by molar-refractivity contribution is -0.697. The second kappa shape index (κ2) is 16.4. The quantitative estimate of drug-likeness (QED) is 0.102. The van der Waals surface area contributed by atoms with E-state index < -0.39 is 21.7 Å².